The SMILES string of the molecule is C=N/C=C(\C=NC)[C@@](C)(C(=O)N[C@@H]1CCC(F)(F)C1)N(C(=O)[C@H](F)Cl)c1ccc(OC(F)(F)F)cc1. The van der Waals surface area contributed by atoms with Crippen LogP contribution in [0.5, 0.6) is 5.75 Å². The molecular weight excluding hydrogens is 518 g/mol. The van der Waals surface area contributed by atoms with Gasteiger partial charge in [-0.05, 0) is 44.3 Å². The average molecular weight is 541 g/mol. The van der Waals surface area contributed by atoms with E-state index in [4.69, 9.17) is 11.6 Å². The number of carbonyl (C=O) groups excluding carboxylic acids is 2. The number of hydrogen-bond acceptors (Lipinski definition) is 5. The quantitative estimate of drug-likeness (QED) is 0.277. The molecule has 198 valence electrons. The largest absolute Gasteiger partial charge is 0.573 e. The van der Waals surface area contributed by atoms with Crippen LogP contribution in [-0.2, 0) is 9.59 Å². The van der Waals surface area contributed by atoms with Crippen LogP contribution in [0.4, 0.5) is 32.0 Å². The molecule has 1 saturated carbocycles. The molecule has 2 rings (SSSR count). The van der Waals surface area contributed by atoms with E-state index in [0.717, 1.165) is 43.6 Å². The maximum absolute atomic E-state index is 14.1. The highest BCUT2D eigenvalue weighted by Gasteiger charge is 2.49. The fraction of sp³-hybridized carbons (Fsp3) is 0.455. The van der Waals surface area contributed by atoms with Gasteiger partial charge in [0.25, 0.3) is 17.4 Å². The van der Waals surface area contributed by atoms with Crippen molar-refractivity contribution in [2.75, 3.05) is 11.9 Å². The van der Waals surface area contributed by atoms with Crippen LogP contribution in [0.2, 0.25) is 0 Å². The van der Waals surface area contributed by atoms with Crippen LogP contribution in [0.3, 0.4) is 0 Å². The molecule has 36 heavy (non-hydrogen) atoms. The van der Waals surface area contributed by atoms with Crippen molar-refractivity contribution in [1.82, 2.24) is 5.32 Å². The van der Waals surface area contributed by atoms with E-state index < -0.39 is 59.9 Å². The minimum atomic E-state index is -5.00. The monoisotopic (exact) mass is 540 g/mol. The zero-order valence-corrected chi connectivity index (χ0v) is 19.9. The molecule has 1 aliphatic rings. The third-order valence-electron chi connectivity index (χ3n) is 5.42. The molecule has 1 N–H and O–H groups in total. The summed E-state index contributed by atoms with van der Waals surface area (Å²) in [5.41, 5.74) is -5.27. The molecule has 0 aromatic heterocycles. The lowest BCUT2D eigenvalue weighted by Gasteiger charge is -2.41. The number of ether oxygens (including phenoxy) is 1. The van der Waals surface area contributed by atoms with E-state index in [2.05, 4.69) is 26.8 Å². The Hall–Kier alpha value is -3.09. The smallest absolute Gasteiger partial charge is 0.406 e. The normalized spacial score (nSPS) is 20.5. The maximum atomic E-state index is 14.1. The van der Waals surface area contributed by atoms with Crippen molar-refractivity contribution in [3.63, 3.8) is 0 Å². The number of rotatable bonds is 9. The van der Waals surface area contributed by atoms with Gasteiger partial charge in [-0.3, -0.25) is 24.5 Å². The van der Waals surface area contributed by atoms with Crippen LogP contribution >= 0.6 is 11.6 Å². The molecule has 1 aromatic rings. The van der Waals surface area contributed by atoms with Crippen LogP contribution in [0.1, 0.15) is 26.2 Å². The number of nitrogens with zero attached hydrogens (tertiary/aromatic N) is 3. The van der Waals surface area contributed by atoms with Gasteiger partial charge >= 0.3 is 6.36 Å². The summed E-state index contributed by atoms with van der Waals surface area (Å²) >= 11 is 5.42. The first-order valence-corrected chi connectivity index (χ1v) is 10.8. The Morgan fingerprint density at radius 3 is 2.36 bits per heavy atom. The molecule has 0 heterocycles. The van der Waals surface area contributed by atoms with Crippen molar-refractivity contribution >= 4 is 42.0 Å². The van der Waals surface area contributed by atoms with Crippen LogP contribution in [0.25, 0.3) is 0 Å². The summed E-state index contributed by atoms with van der Waals surface area (Å²) in [5, 5.41) is 2.44. The molecule has 2 amide bonds. The summed E-state index contributed by atoms with van der Waals surface area (Å²) in [4.78, 5) is 34.5. The number of alkyl halides is 7. The van der Waals surface area contributed by atoms with Gasteiger partial charge in [-0.15, -0.1) is 13.2 Å². The highest BCUT2D eigenvalue weighted by Crippen LogP contribution is 2.37. The number of nitrogens with one attached hydrogen (secondary N) is 1. The van der Waals surface area contributed by atoms with Gasteiger partial charge in [-0.2, -0.15) is 0 Å². The molecule has 3 atom stereocenters. The number of anilines is 1. The molecule has 0 spiro atoms. The third-order valence-corrected chi connectivity index (χ3v) is 5.61. The number of halogens is 7. The molecule has 1 aliphatic carbocycles. The first-order chi connectivity index (χ1) is 16.6. The summed E-state index contributed by atoms with van der Waals surface area (Å²) in [6.45, 7) is 4.45. The lowest BCUT2D eigenvalue weighted by Crippen LogP contribution is -2.63. The van der Waals surface area contributed by atoms with Gasteiger partial charge in [0.05, 0.1) is 0 Å². The molecule has 1 fully saturated rings. The zero-order valence-electron chi connectivity index (χ0n) is 19.2. The molecule has 0 saturated heterocycles. The fourth-order valence-electron chi connectivity index (χ4n) is 3.78. The maximum Gasteiger partial charge on any atom is 0.573 e. The number of amides is 2. The van der Waals surface area contributed by atoms with Gasteiger partial charge < -0.3 is 10.1 Å². The Balaban J connectivity index is 2.65. The minimum absolute atomic E-state index is 0.0614. The predicted molar refractivity (Wildman–Crippen MR) is 123 cm³/mol. The molecule has 0 bridgehead atoms. The summed E-state index contributed by atoms with van der Waals surface area (Å²) in [6.07, 6.45) is -4.04. The predicted octanol–water partition coefficient (Wildman–Crippen LogP) is 4.80. The first kappa shape index (κ1) is 29.1. The van der Waals surface area contributed by atoms with E-state index in [1.165, 1.54) is 7.05 Å². The molecule has 14 heteroatoms. The van der Waals surface area contributed by atoms with Crippen molar-refractivity contribution < 1.29 is 40.7 Å². The van der Waals surface area contributed by atoms with E-state index in [0.29, 0.717) is 4.90 Å². The molecule has 0 unspecified atom stereocenters. The second-order valence-electron chi connectivity index (χ2n) is 8.01. The lowest BCUT2D eigenvalue weighted by atomic mass is 9.88. The van der Waals surface area contributed by atoms with Gasteiger partial charge in [0.15, 0.2) is 5.54 Å². The third kappa shape index (κ3) is 6.99. The highest BCUT2D eigenvalue weighted by atomic mass is 35.5. The van der Waals surface area contributed by atoms with E-state index in [9.17, 15) is 35.9 Å². The van der Waals surface area contributed by atoms with Gasteiger partial charge in [-0.1, -0.05) is 11.6 Å². The Morgan fingerprint density at radius 2 is 1.92 bits per heavy atom. The van der Waals surface area contributed by atoms with Crippen molar-refractivity contribution in [3.8, 4) is 5.75 Å². The second kappa shape index (κ2) is 11.3. The summed E-state index contributed by atoms with van der Waals surface area (Å²) in [7, 11) is 1.32. The highest BCUT2D eigenvalue weighted by molar-refractivity contribution is 6.32. The van der Waals surface area contributed by atoms with Crippen LogP contribution < -0.4 is 15.0 Å². The van der Waals surface area contributed by atoms with Crippen LogP contribution in [0.15, 0.2) is 46.0 Å². The Morgan fingerprint density at radius 1 is 1.31 bits per heavy atom. The van der Waals surface area contributed by atoms with Gasteiger partial charge in [0.2, 0.25) is 5.92 Å². The number of hydrogen-bond donors (Lipinski definition) is 1. The molecule has 0 aliphatic heterocycles. The van der Waals surface area contributed by atoms with E-state index in [-0.39, 0.29) is 17.7 Å². The van der Waals surface area contributed by atoms with Crippen molar-refractivity contribution in [2.24, 2.45) is 9.98 Å². The lowest BCUT2D eigenvalue weighted by molar-refractivity contribution is -0.274. The molecule has 7 nitrogen and oxygen atoms in total. The summed E-state index contributed by atoms with van der Waals surface area (Å²) in [6, 6.07) is 2.64. The molecule has 1 aromatic carbocycles. The van der Waals surface area contributed by atoms with Gasteiger partial charge in [-0.25, -0.2) is 13.2 Å². The standard InChI is InChI=1S/C22H23ClF6N4O3/c1-20(13(11-30-2)12-31-3,19(35)32-14-8-9-21(25,26)10-14)33(18(34)17(23)24)15-4-6-16(7-5-15)36-22(27,28)29/h4-7,11-12,14,17H,2,8-10H2,1,3H3,(H,32,35)/b13-11+,31-12?/t14-,17+,20+/m1/s1. The van der Waals surface area contributed by atoms with E-state index >= 15 is 0 Å². The Kier molecular flexibility index (Phi) is 9.16. The van der Waals surface area contributed by atoms with Crippen LogP contribution in [-0.4, -0.2) is 61.3 Å². The van der Waals surface area contributed by atoms with Gasteiger partial charge in [0.1, 0.15) is 5.75 Å². The van der Waals surface area contributed by atoms with E-state index in [1.54, 1.807) is 0 Å². The zero-order chi connectivity index (χ0) is 27.3. The number of carbonyl (C=O) groups is 2. The molecule has 0 radical (unpaired) electrons. The Bertz CT molecular complexity index is 1030. The van der Waals surface area contributed by atoms with Crippen molar-refractivity contribution in [2.45, 2.75) is 55.7 Å². The second-order valence-corrected chi connectivity index (χ2v) is 8.39. The topological polar surface area (TPSA) is 83.4 Å². The fourth-order valence-corrected chi connectivity index (χ4v) is 3.88. The number of benzene rings is 1. The minimum Gasteiger partial charge on any atom is -0.406 e. The molecular formula is C22H23ClF6N4O3. The summed E-state index contributed by atoms with van der Waals surface area (Å²) in [5.74, 6) is -6.14. The number of aliphatic imine (C=N–C) groups is 2. The van der Waals surface area contributed by atoms with Crippen LogP contribution in [0, 0.1) is 0 Å². The van der Waals surface area contributed by atoms with E-state index in [1.807, 2.05) is 0 Å². The first-order valence-electron chi connectivity index (χ1n) is 10.4. The average Bonchev–Trinajstić information content (AvgIpc) is 3.11. The van der Waals surface area contributed by atoms with Crippen molar-refractivity contribution in [3.05, 3.63) is 36.0 Å². The Labute approximate surface area is 207 Å². The van der Waals surface area contributed by atoms with Crippen molar-refractivity contribution in [1.29, 1.82) is 0 Å². The summed E-state index contributed by atoms with van der Waals surface area (Å²) < 4.78 is 83.1. The van der Waals surface area contributed by atoms with Gasteiger partial charge in [0, 0.05) is 49.6 Å².